The Bertz CT molecular complexity index is 610. The van der Waals surface area contributed by atoms with Gasteiger partial charge < -0.3 is 0 Å². The quantitative estimate of drug-likeness (QED) is 0.791. The maximum Gasteiger partial charge on any atom is 0.265 e. The van der Waals surface area contributed by atoms with Crippen LogP contribution >= 0.6 is 24.0 Å². The smallest absolute Gasteiger partial charge is 0.244 e. The van der Waals surface area contributed by atoms with Crippen molar-refractivity contribution in [3.05, 3.63) is 29.8 Å². The highest BCUT2D eigenvalue weighted by atomic mass is 32.2. The van der Waals surface area contributed by atoms with Crippen molar-refractivity contribution >= 4 is 38.3 Å². The molecule has 6 heteroatoms. The third kappa shape index (κ3) is 2.73. The molecule has 3 nitrogen and oxygen atoms in total. The van der Waals surface area contributed by atoms with Crippen LogP contribution in [0.15, 0.2) is 29.2 Å². The van der Waals surface area contributed by atoms with Crippen molar-refractivity contribution in [3.8, 4) is 0 Å². The van der Waals surface area contributed by atoms with Gasteiger partial charge in [-0.1, -0.05) is 55.0 Å². The molecule has 0 saturated carbocycles. The fourth-order valence-electron chi connectivity index (χ4n) is 2.47. The highest BCUT2D eigenvalue weighted by molar-refractivity contribution is 8.24. The Morgan fingerprint density at radius 2 is 1.95 bits per heavy atom. The Morgan fingerprint density at radius 1 is 1.35 bits per heavy atom. The van der Waals surface area contributed by atoms with Crippen LogP contribution in [-0.2, 0) is 10.0 Å². The molecule has 0 bridgehead atoms. The molecule has 1 unspecified atom stereocenters. The lowest BCUT2D eigenvalue weighted by Crippen LogP contribution is -2.47. The van der Waals surface area contributed by atoms with Crippen molar-refractivity contribution < 1.29 is 8.42 Å². The molecular weight excluding hydrogens is 310 g/mol. The Balaban J connectivity index is 2.46. The Kier molecular flexibility index (Phi) is 4.47. The summed E-state index contributed by atoms with van der Waals surface area (Å²) in [4.78, 5) is 0.315. The van der Waals surface area contributed by atoms with Crippen LogP contribution in [0, 0.1) is 6.92 Å². The van der Waals surface area contributed by atoms with E-state index in [9.17, 15) is 8.42 Å². The second kappa shape index (κ2) is 5.66. The first kappa shape index (κ1) is 15.8. The molecule has 0 aliphatic carbocycles. The lowest BCUT2D eigenvalue weighted by molar-refractivity contribution is 0.315. The van der Waals surface area contributed by atoms with Gasteiger partial charge in [-0.25, -0.2) is 12.7 Å². The summed E-state index contributed by atoms with van der Waals surface area (Å²) < 4.78 is 27.7. The topological polar surface area (TPSA) is 37.4 Å². The van der Waals surface area contributed by atoms with E-state index in [0.717, 1.165) is 24.2 Å². The highest BCUT2D eigenvalue weighted by Gasteiger charge is 2.46. The number of nitrogens with zero attached hydrogens (tertiary/aromatic N) is 1. The zero-order valence-electron chi connectivity index (χ0n) is 11.9. The fraction of sp³-hybridized carbons (Fsp3) is 0.500. The van der Waals surface area contributed by atoms with Gasteiger partial charge in [0.25, 0.3) is 10.0 Å². The van der Waals surface area contributed by atoms with Gasteiger partial charge in [-0.2, -0.15) is 0 Å². The molecular formula is C14H19NO2S3. The first-order valence-electron chi connectivity index (χ1n) is 6.60. The first-order valence-corrected chi connectivity index (χ1v) is 9.43. The van der Waals surface area contributed by atoms with Crippen molar-refractivity contribution in [1.29, 1.82) is 0 Å². The van der Waals surface area contributed by atoms with Crippen molar-refractivity contribution in [3.63, 3.8) is 0 Å². The summed E-state index contributed by atoms with van der Waals surface area (Å²) in [6, 6.07) is 6.94. The molecule has 0 radical (unpaired) electrons. The predicted octanol–water partition coefficient (Wildman–Crippen LogP) is 3.58. The van der Waals surface area contributed by atoms with E-state index in [2.05, 4.69) is 6.92 Å². The van der Waals surface area contributed by atoms with Crippen LogP contribution in [0.5, 0.6) is 0 Å². The minimum Gasteiger partial charge on any atom is -0.244 e. The van der Waals surface area contributed by atoms with Gasteiger partial charge >= 0.3 is 0 Å². The molecule has 0 spiro atoms. The molecule has 1 heterocycles. The largest absolute Gasteiger partial charge is 0.265 e. The van der Waals surface area contributed by atoms with E-state index < -0.39 is 15.6 Å². The normalized spacial score (nSPS) is 23.4. The maximum absolute atomic E-state index is 12.9. The minimum absolute atomic E-state index is 0.315. The number of rotatable bonds is 4. The summed E-state index contributed by atoms with van der Waals surface area (Å²) in [6.45, 7) is 5.98. The van der Waals surface area contributed by atoms with E-state index in [1.54, 1.807) is 12.1 Å². The lowest BCUT2D eigenvalue weighted by atomic mass is 9.99. The van der Waals surface area contributed by atoms with Crippen LogP contribution in [0.2, 0.25) is 0 Å². The molecule has 1 saturated heterocycles. The number of hydrogen-bond acceptors (Lipinski definition) is 4. The van der Waals surface area contributed by atoms with Gasteiger partial charge in [0.1, 0.15) is 0 Å². The molecule has 1 fully saturated rings. The molecule has 20 heavy (non-hydrogen) atoms. The average Bonchev–Trinajstić information content (AvgIpc) is 2.66. The Morgan fingerprint density at radius 3 is 2.50 bits per heavy atom. The van der Waals surface area contributed by atoms with E-state index in [0.29, 0.717) is 9.22 Å². The van der Waals surface area contributed by atoms with Crippen LogP contribution in [0.1, 0.15) is 32.3 Å². The number of thioether (sulfide) groups is 1. The zero-order valence-corrected chi connectivity index (χ0v) is 14.4. The van der Waals surface area contributed by atoms with Crippen LogP contribution in [0.25, 0.3) is 0 Å². The van der Waals surface area contributed by atoms with Gasteiger partial charge in [-0.05, 0) is 32.4 Å². The molecule has 1 aliphatic heterocycles. The first-order chi connectivity index (χ1) is 9.31. The van der Waals surface area contributed by atoms with E-state index in [-0.39, 0.29) is 0 Å². The summed E-state index contributed by atoms with van der Waals surface area (Å²) in [5.41, 5.74) is 0.624. The third-order valence-corrected chi connectivity index (χ3v) is 7.45. The molecule has 1 aromatic rings. The number of thiocarbonyl (C=S) groups is 1. The molecule has 1 aliphatic rings. The molecule has 0 amide bonds. The molecule has 0 N–H and O–H groups in total. The highest BCUT2D eigenvalue weighted by Crippen LogP contribution is 2.40. The van der Waals surface area contributed by atoms with E-state index >= 15 is 0 Å². The molecule has 110 valence electrons. The Labute approximate surface area is 130 Å². The van der Waals surface area contributed by atoms with Crippen molar-refractivity contribution in [2.75, 3.05) is 5.75 Å². The summed E-state index contributed by atoms with van der Waals surface area (Å²) in [5.74, 6) is 0.727. The lowest BCUT2D eigenvalue weighted by Gasteiger charge is -2.34. The van der Waals surface area contributed by atoms with Crippen molar-refractivity contribution in [1.82, 2.24) is 4.31 Å². The van der Waals surface area contributed by atoms with Crippen molar-refractivity contribution in [2.24, 2.45) is 0 Å². The van der Waals surface area contributed by atoms with Crippen LogP contribution in [-0.4, -0.2) is 28.3 Å². The summed E-state index contributed by atoms with van der Waals surface area (Å²) in [6.07, 6.45) is 1.74. The molecule has 1 atom stereocenters. The second-order valence-corrected chi connectivity index (χ2v) is 8.78. The van der Waals surface area contributed by atoms with Crippen LogP contribution < -0.4 is 0 Å². The SMILES string of the molecule is CCCC1(C)CSC(=S)N1S(=O)(=O)c1ccc(C)cc1. The number of aryl methyl sites for hydroxylation is 1. The predicted molar refractivity (Wildman–Crippen MR) is 88.6 cm³/mol. The summed E-state index contributed by atoms with van der Waals surface area (Å²) in [5, 5.41) is 0. The van der Waals surface area contributed by atoms with Gasteiger partial charge in [0.2, 0.25) is 0 Å². The second-order valence-electron chi connectivity index (χ2n) is 5.38. The van der Waals surface area contributed by atoms with Gasteiger partial charge in [-0.15, -0.1) is 0 Å². The minimum atomic E-state index is -3.56. The van der Waals surface area contributed by atoms with Crippen LogP contribution in [0.3, 0.4) is 0 Å². The maximum atomic E-state index is 12.9. The third-order valence-electron chi connectivity index (χ3n) is 3.51. The van der Waals surface area contributed by atoms with Gasteiger partial charge in [-0.3, -0.25) is 0 Å². The van der Waals surface area contributed by atoms with Gasteiger partial charge in [0.05, 0.1) is 10.4 Å². The fourth-order valence-corrected chi connectivity index (χ4v) is 6.37. The Hall–Kier alpha value is -0.590. The number of hydrogen-bond donors (Lipinski definition) is 0. The van der Waals surface area contributed by atoms with E-state index in [1.807, 2.05) is 26.0 Å². The van der Waals surface area contributed by atoms with Crippen LogP contribution in [0.4, 0.5) is 0 Å². The van der Waals surface area contributed by atoms with Gasteiger partial charge in [0, 0.05) is 5.75 Å². The average molecular weight is 330 g/mol. The standard InChI is InChI=1S/C14H19NO2S3/c1-4-9-14(3)10-19-13(18)15(14)20(16,17)12-7-5-11(2)6-8-12/h5-8H,4,9-10H2,1-3H3. The van der Waals surface area contributed by atoms with E-state index in [4.69, 9.17) is 12.2 Å². The van der Waals surface area contributed by atoms with E-state index in [1.165, 1.54) is 16.1 Å². The van der Waals surface area contributed by atoms with Gasteiger partial charge in [0.15, 0.2) is 4.32 Å². The van der Waals surface area contributed by atoms with Crippen molar-refractivity contribution in [2.45, 2.75) is 44.0 Å². The molecule has 0 aromatic heterocycles. The number of sulfonamides is 1. The zero-order chi connectivity index (χ0) is 15.0. The number of benzene rings is 1. The summed E-state index contributed by atoms with van der Waals surface area (Å²) >= 11 is 6.74. The monoisotopic (exact) mass is 329 g/mol. The molecule has 1 aromatic carbocycles. The molecule has 2 rings (SSSR count). The summed E-state index contributed by atoms with van der Waals surface area (Å²) in [7, 11) is -3.56.